The van der Waals surface area contributed by atoms with Crippen molar-refractivity contribution in [1.29, 1.82) is 0 Å². The molecule has 1 aliphatic rings. The number of nitrogens with zero attached hydrogens (tertiary/aromatic N) is 2. The molecule has 1 aromatic heterocycles. The van der Waals surface area contributed by atoms with Crippen LogP contribution in [0.2, 0.25) is 0 Å². The molecule has 0 unspecified atom stereocenters. The third-order valence-electron chi connectivity index (χ3n) is 3.63. The Morgan fingerprint density at radius 1 is 1.17 bits per heavy atom. The van der Waals surface area contributed by atoms with Crippen molar-refractivity contribution < 1.29 is 4.79 Å². The molecule has 0 spiro atoms. The number of carbonyl (C=O) groups is 1. The fraction of sp³-hybridized carbons (Fsp3) is 0.357. The molecule has 18 heavy (non-hydrogen) atoms. The number of aromatic amines is 1. The Bertz CT molecular complexity index is 567. The smallest absolute Gasteiger partial charge is 0.219 e. The van der Waals surface area contributed by atoms with Gasteiger partial charge in [0.05, 0.1) is 5.69 Å². The SMILES string of the molecule is CC(=O)N1CCN(c2c[nH]c3ccccc23)CC1. The van der Waals surface area contributed by atoms with E-state index in [-0.39, 0.29) is 5.91 Å². The van der Waals surface area contributed by atoms with Gasteiger partial charge in [-0.3, -0.25) is 4.79 Å². The van der Waals surface area contributed by atoms with Crippen molar-refractivity contribution in [2.45, 2.75) is 6.92 Å². The molecule has 94 valence electrons. The minimum absolute atomic E-state index is 0.175. The van der Waals surface area contributed by atoms with Crippen LogP contribution in [-0.2, 0) is 4.79 Å². The lowest BCUT2D eigenvalue weighted by Crippen LogP contribution is -2.48. The van der Waals surface area contributed by atoms with Gasteiger partial charge < -0.3 is 14.8 Å². The first-order chi connectivity index (χ1) is 8.75. The highest BCUT2D eigenvalue weighted by Gasteiger charge is 2.20. The minimum atomic E-state index is 0.175. The summed E-state index contributed by atoms with van der Waals surface area (Å²) in [5.41, 5.74) is 2.41. The van der Waals surface area contributed by atoms with Crippen LogP contribution < -0.4 is 4.90 Å². The number of H-pyrrole nitrogens is 1. The molecule has 1 aliphatic heterocycles. The van der Waals surface area contributed by atoms with E-state index in [1.54, 1.807) is 6.92 Å². The fourth-order valence-corrected chi connectivity index (χ4v) is 2.58. The van der Waals surface area contributed by atoms with E-state index in [0.717, 1.165) is 26.2 Å². The molecule has 1 amide bonds. The maximum absolute atomic E-state index is 11.3. The zero-order chi connectivity index (χ0) is 12.5. The van der Waals surface area contributed by atoms with Gasteiger partial charge in [0, 0.05) is 50.2 Å². The van der Waals surface area contributed by atoms with Crippen LogP contribution in [0.3, 0.4) is 0 Å². The first-order valence-corrected chi connectivity index (χ1v) is 6.32. The van der Waals surface area contributed by atoms with E-state index >= 15 is 0 Å². The Hall–Kier alpha value is -1.97. The molecular weight excluding hydrogens is 226 g/mol. The predicted octanol–water partition coefficient (Wildman–Crippen LogP) is 1.84. The third kappa shape index (κ3) is 1.83. The van der Waals surface area contributed by atoms with Crippen LogP contribution in [0.5, 0.6) is 0 Å². The first-order valence-electron chi connectivity index (χ1n) is 6.32. The summed E-state index contributed by atoms with van der Waals surface area (Å²) in [6, 6.07) is 8.32. The van der Waals surface area contributed by atoms with Crippen LogP contribution >= 0.6 is 0 Å². The number of nitrogens with one attached hydrogen (secondary N) is 1. The monoisotopic (exact) mass is 243 g/mol. The van der Waals surface area contributed by atoms with Gasteiger partial charge in [0.2, 0.25) is 5.91 Å². The third-order valence-corrected chi connectivity index (χ3v) is 3.63. The lowest BCUT2D eigenvalue weighted by Gasteiger charge is -2.35. The Kier molecular flexibility index (Phi) is 2.70. The molecule has 4 heteroatoms. The van der Waals surface area contributed by atoms with Gasteiger partial charge in [-0.1, -0.05) is 18.2 Å². The summed E-state index contributed by atoms with van der Waals surface area (Å²) in [5, 5.41) is 1.26. The Labute approximate surface area is 106 Å². The molecule has 0 saturated carbocycles. The van der Waals surface area contributed by atoms with E-state index < -0.39 is 0 Å². The van der Waals surface area contributed by atoms with E-state index in [4.69, 9.17) is 0 Å². The van der Waals surface area contributed by atoms with Crippen LogP contribution in [-0.4, -0.2) is 42.0 Å². The normalized spacial score (nSPS) is 16.3. The maximum atomic E-state index is 11.3. The van der Waals surface area contributed by atoms with Crippen molar-refractivity contribution in [3.8, 4) is 0 Å². The number of anilines is 1. The van der Waals surface area contributed by atoms with Crippen molar-refractivity contribution in [3.05, 3.63) is 30.5 Å². The Morgan fingerprint density at radius 2 is 1.89 bits per heavy atom. The minimum Gasteiger partial charge on any atom is -0.366 e. The van der Waals surface area contributed by atoms with E-state index in [9.17, 15) is 4.79 Å². The molecule has 0 aliphatic carbocycles. The summed E-state index contributed by atoms with van der Waals surface area (Å²) in [6.07, 6.45) is 2.06. The zero-order valence-electron chi connectivity index (χ0n) is 10.5. The highest BCUT2D eigenvalue weighted by Crippen LogP contribution is 2.27. The van der Waals surface area contributed by atoms with Crippen LogP contribution in [0.1, 0.15) is 6.92 Å². The van der Waals surface area contributed by atoms with Crippen molar-refractivity contribution in [2.24, 2.45) is 0 Å². The highest BCUT2D eigenvalue weighted by atomic mass is 16.2. The molecule has 2 aromatic rings. The number of piperazine rings is 1. The van der Waals surface area contributed by atoms with E-state index in [1.807, 2.05) is 11.0 Å². The standard InChI is InChI=1S/C14H17N3O/c1-11(18)16-6-8-17(9-7-16)14-10-15-13-5-3-2-4-12(13)14/h2-5,10,15H,6-9H2,1H3. The summed E-state index contributed by atoms with van der Waals surface area (Å²) in [6.45, 7) is 5.08. The van der Waals surface area contributed by atoms with Crippen molar-refractivity contribution in [1.82, 2.24) is 9.88 Å². The lowest BCUT2D eigenvalue weighted by molar-refractivity contribution is -0.129. The second-order valence-electron chi connectivity index (χ2n) is 4.71. The van der Waals surface area contributed by atoms with Crippen molar-refractivity contribution in [3.63, 3.8) is 0 Å². The average Bonchev–Trinajstić information content (AvgIpc) is 2.82. The summed E-state index contributed by atoms with van der Waals surface area (Å²) < 4.78 is 0. The molecular formula is C14H17N3O. The first kappa shape index (κ1) is 11.1. The van der Waals surface area contributed by atoms with Gasteiger partial charge in [-0.05, 0) is 6.07 Å². The molecule has 3 rings (SSSR count). The number of hydrogen-bond acceptors (Lipinski definition) is 2. The summed E-state index contributed by atoms with van der Waals surface area (Å²) in [5.74, 6) is 0.175. The molecule has 0 radical (unpaired) electrons. The van der Waals surface area contributed by atoms with Gasteiger partial charge in [0.25, 0.3) is 0 Å². The Morgan fingerprint density at radius 3 is 2.61 bits per heavy atom. The number of hydrogen-bond donors (Lipinski definition) is 1. The molecule has 1 saturated heterocycles. The number of rotatable bonds is 1. The number of fused-ring (bicyclic) bond motifs is 1. The van der Waals surface area contributed by atoms with Gasteiger partial charge in [-0.15, -0.1) is 0 Å². The van der Waals surface area contributed by atoms with Crippen LogP contribution in [0.4, 0.5) is 5.69 Å². The summed E-state index contributed by atoms with van der Waals surface area (Å²) >= 11 is 0. The lowest BCUT2D eigenvalue weighted by atomic mass is 10.2. The topological polar surface area (TPSA) is 39.3 Å². The quantitative estimate of drug-likeness (QED) is 0.830. The molecule has 1 aromatic carbocycles. The molecule has 1 fully saturated rings. The molecule has 0 atom stereocenters. The number of amides is 1. The van der Waals surface area contributed by atoms with Crippen LogP contribution in [0, 0.1) is 0 Å². The molecule has 0 bridgehead atoms. The van der Waals surface area contributed by atoms with Crippen molar-refractivity contribution in [2.75, 3.05) is 31.1 Å². The summed E-state index contributed by atoms with van der Waals surface area (Å²) in [4.78, 5) is 18.9. The summed E-state index contributed by atoms with van der Waals surface area (Å²) in [7, 11) is 0. The predicted molar refractivity (Wildman–Crippen MR) is 72.8 cm³/mol. The highest BCUT2D eigenvalue weighted by molar-refractivity contribution is 5.92. The number of para-hydroxylation sites is 1. The molecule has 4 nitrogen and oxygen atoms in total. The van der Waals surface area contributed by atoms with E-state index in [0.29, 0.717) is 0 Å². The Balaban J connectivity index is 1.82. The largest absolute Gasteiger partial charge is 0.366 e. The van der Waals surface area contributed by atoms with Gasteiger partial charge in [-0.2, -0.15) is 0 Å². The van der Waals surface area contributed by atoms with Gasteiger partial charge in [-0.25, -0.2) is 0 Å². The van der Waals surface area contributed by atoms with Crippen LogP contribution in [0.25, 0.3) is 10.9 Å². The van der Waals surface area contributed by atoms with E-state index in [1.165, 1.54) is 16.6 Å². The second-order valence-corrected chi connectivity index (χ2v) is 4.71. The molecule has 2 heterocycles. The average molecular weight is 243 g/mol. The second kappa shape index (κ2) is 4.37. The van der Waals surface area contributed by atoms with Gasteiger partial charge in [0.15, 0.2) is 0 Å². The van der Waals surface area contributed by atoms with E-state index in [2.05, 4.69) is 34.3 Å². The fourth-order valence-electron chi connectivity index (χ4n) is 2.58. The zero-order valence-corrected chi connectivity index (χ0v) is 10.5. The van der Waals surface area contributed by atoms with Gasteiger partial charge >= 0.3 is 0 Å². The van der Waals surface area contributed by atoms with Gasteiger partial charge in [0.1, 0.15) is 0 Å². The maximum Gasteiger partial charge on any atom is 0.219 e. The number of carbonyl (C=O) groups excluding carboxylic acids is 1. The number of aromatic nitrogens is 1. The number of benzene rings is 1. The van der Waals surface area contributed by atoms with Crippen LogP contribution in [0.15, 0.2) is 30.5 Å². The molecule has 1 N–H and O–H groups in total. The van der Waals surface area contributed by atoms with Crippen molar-refractivity contribution >= 4 is 22.5 Å².